The van der Waals surface area contributed by atoms with Crippen molar-refractivity contribution in [2.24, 2.45) is 7.05 Å². The van der Waals surface area contributed by atoms with Crippen LogP contribution in [0, 0.1) is 11.3 Å². The Morgan fingerprint density at radius 3 is 2.86 bits per heavy atom. The monoisotopic (exact) mass is 301 g/mol. The summed E-state index contributed by atoms with van der Waals surface area (Å²) in [5, 5.41) is 9.82. The molecule has 0 saturated heterocycles. The fourth-order valence-electron chi connectivity index (χ4n) is 2.12. The zero-order chi connectivity index (χ0) is 15.0. The van der Waals surface area contributed by atoms with E-state index in [4.69, 9.17) is 9.47 Å². The third kappa shape index (κ3) is 2.14. The van der Waals surface area contributed by atoms with E-state index in [0.29, 0.717) is 27.9 Å². The highest BCUT2D eigenvalue weighted by Gasteiger charge is 2.19. The summed E-state index contributed by atoms with van der Waals surface area (Å²) >= 11 is 1.35. The third-order valence-corrected chi connectivity index (χ3v) is 3.92. The molecule has 0 bridgehead atoms. The molecule has 1 aromatic carbocycles. The number of fused-ring (bicyclic) bond motifs is 1. The number of aromatic nitrogens is 2. The molecule has 7 heteroatoms. The van der Waals surface area contributed by atoms with Gasteiger partial charge in [-0.1, -0.05) is 11.8 Å². The van der Waals surface area contributed by atoms with Gasteiger partial charge in [0.05, 0.1) is 5.69 Å². The van der Waals surface area contributed by atoms with Crippen LogP contribution >= 0.6 is 11.8 Å². The lowest BCUT2D eigenvalue weighted by Crippen LogP contribution is -2.23. The molecule has 1 aliphatic heterocycles. The largest absolute Gasteiger partial charge is 0.454 e. The minimum absolute atomic E-state index is 0.0224. The van der Waals surface area contributed by atoms with Crippen LogP contribution in [0.25, 0.3) is 11.3 Å². The molecule has 0 unspecified atom stereocenters. The molecule has 3 rings (SSSR count). The molecule has 2 heterocycles. The number of nitriles is 1. The van der Waals surface area contributed by atoms with E-state index in [0.717, 1.165) is 0 Å². The standard InChI is InChI=1S/C14H11N3O3S/c1-17-13(18)9(6-15)12(16-14(17)21-2)8-3-4-10-11(5-8)20-7-19-10/h3-5H,7H2,1-2H3. The number of hydrogen-bond acceptors (Lipinski definition) is 6. The van der Waals surface area contributed by atoms with Crippen LogP contribution in [0.1, 0.15) is 5.56 Å². The van der Waals surface area contributed by atoms with E-state index >= 15 is 0 Å². The number of hydrogen-bond donors (Lipinski definition) is 0. The number of thioether (sulfide) groups is 1. The van der Waals surface area contributed by atoms with E-state index < -0.39 is 0 Å². The molecule has 21 heavy (non-hydrogen) atoms. The number of ether oxygens (including phenoxy) is 2. The normalized spacial score (nSPS) is 12.2. The fourth-order valence-corrected chi connectivity index (χ4v) is 2.66. The van der Waals surface area contributed by atoms with Crippen LogP contribution in [0.5, 0.6) is 11.5 Å². The van der Waals surface area contributed by atoms with E-state index in [9.17, 15) is 10.1 Å². The molecule has 0 amide bonds. The second-order valence-electron chi connectivity index (χ2n) is 4.37. The summed E-state index contributed by atoms with van der Waals surface area (Å²) in [6.07, 6.45) is 1.83. The van der Waals surface area contributed by atoms with Gasteiger partial charge in [-0.2, -0.15) is 5.26 Å². The first kappa shape index (κ1) is 13.5. The lowest BCUT2D eigenvalue weighted by molar-refractivity contribution is 0.174. The second-order valence-corrected chi connectivity index (χ2v) is 5.14. The van der Waals surface area contributed by atoms with Crippen LogP contribution in [0.15, 0.2) is 28.2 Å². The summed E-state index contributed by atoms with van der Waals surface area (Å²) in [6.45, 7) is 0.171. The van der Waals surface area contributed by atoms with Gasteiger partial charge in [0.15, 0.2) is 16.7 Å². The summed E-state index contributed by atoms with van der Waals surface area (Å²) in [7, 11) is 1.60. The predicted molar refractivity (Wildman–Crippen MR) is 77.5 cm³/mol. The molecule has 0 spiro atoms. The summed E-state index contributed by atoms with van der Waals surface area (Å²) in [4.78, 5) is 16.7. The van der Waals surface area contributed by atoms with Crippen molar-refractivity contribution in [3.8, 4) is 28.8 Å². The molecule has 2 aromatic rings. The Balaban J connectivity index is 2.25. The molecule has 106 valence electrons. The van der Waals surface area contributed by atoms with Crippen molar-refractivity contribution in [2.75, 3.05) is 13.0 Å². The topological polar surface area (TPSA) is 77.1 Å². The van der Waals surface area contributed by atoms with Gasteiger partial charge < -0.3 is 9.47 Å². The van der Waals surface area contributed by atoms with Crippen molar-refractivity contribution < 1.29 is 9.47 Å². The van der Waals surface area contributed by atoms with Crippen LogP contribution in [0.2, 0.25) is 0 Å². The maximum absolute atomic E-state index is 12.2. The maximum Gasteiger partial charge on any atom is 0.272 e. The van der Waals surface area contributed by atoms with E-state index in [1.54, 1.807) is 25.2 Å². The molecule has 0 saturated carbocycles. The molecule has 1 aliphatic rings. The Labute approximate surface area is 124 Å². The molecule has 0 radical (unpaired) electrons. The molecule has 0 aliphatic carbocycles. The Morgan fingerprint density at radius 2 is 2.14 bits per heavy atom. The van der Waals surface area contributed by atoms with E-state index in [2.05, 4.69) is 4.98 Å². The number of rotatable bonds is 2. The molecule has 0 N–H and O–H groups in total. The van der Waals surface area contributed by atoms with Gasteiger partial charge in [0.1, 0.15) is 11.6 Å². The maximum atomic E-state index is 12.2. The van der Waals surface area contributed by atoms with E-state index in [1.807, 2.05) is 12.3 Å². The van der Waals surface area contributed by atoms with Crippen LogP contribution in [-0.4, -0.2) is 22.6 Å². The van der Waals surface area contributed by atoms with E-state index in [-0.39, 0.29) is 17.9 Å². The summed E-state index contributed by atoms with van der Waals surface area (Å²) in [6, 6.07) is 7.19. The van der Waals surface area contributed by atoms with Gasteiger partial charge in [-0.3, -0.25) is 9.36 Å². The number of nitrogens with zero attached hydrogens (tertiary/aromatic N) is 3. The highest BCUT2D eigenvalue weighted by atomic mass is 32.2. The zero-order valence-corrected chi connectivity index (χ0v) is 12.2. The molecule has 0 atom stereocenters. The van der Waals surface area contributed by atoms with Gasteiger partial charge in [0, 0.05) is 12.6 Å². The van der Waals surface area contributed by atoms with Gasteiger partial charge in [-0.25, -0.2) is 4.98 Å². The molecule has 1 aromatic heterocycles. The first-order valence-electron chi connectivity index (χ1n) is 6.11. The molecular weight excluding hydrogens is 290 g/mol. The van der Waals surface area contributed by atoms with Crippen molar-refractivity contribution in [3.63, 3.8) is 0 Å². The fraction of sp³-hybridized carbons (Fsp3) is 0.214. The minimum atomic E-state index is -0.357. The van der Waals surface area contributed by atoms with Gasteiger partial charge in [-0.05, 0) is 24.5 Å². The summed E-state index contributed by atoms with van der Waals surface area (Å²) < 4.78 is 12.0. The van der Waals surface area contributed by atoms with Crippen molar-refractivity contribution in [2.45, 2.75) is 5.16 Å². The lowest BCUT2D eigenvalue weighted by atomic mass is 10.1. The quantitative estimate of drug-likeness (QED) is 0.621. The predicted octanol–water partition coefficient (Wildman–Crippen LogP) is 1.77. The van der Waals surface area contributed by atoms with Crippen molar-refractivity contribution in [3.05, 3.63) is 34.1 Å². The smallest absolute Gasteiger partial charge is 0.272 e. The van der Waals surface area contributed by atoms with Gasteiger partial charge in [-0.15, -0.1) is 0 Å². The molecule has 0 fully saturated rings. The Morgan fingerprint density at radius 1 is 1.38 bits per heavy atom. The van der Waals surface area contributed by atoms with Crippen LogP contribution < -0.4 is 15.0 Å². The second kappa shape index (κ2) is 5.14. The highest BCUT2D eigenvalue weighted by Crippen LogP contribution is 2.36. The first-order valence-corrected chi connectivity index (χ1v) is 7.33. The van der Waals surface area contributed by atoms with Crippen molar-refractivity contribution >= 4 is 11.8 Å². The third-order valence-electron chi connectivity index (χ3n) is 3.19. The summed E-state index contributed by atoms with van der Waals surface area (Å²) in [5.74, 6) is 1.23. The van der Waals surface area contributed by atoms with Crippen LogP contribution in [0.4, 0.5) is 0 Å². The van der Waals surface area contributed by atoms with Gasteiger partial charge >= 0.3 is 0 Å². The average Bonchev–Trinajstić information content (AvgIpc) is 2.97. The van der Waals surface area contributed by atoms with Gasteiger partial charge in [0.2, 0.25) is 6.79 Å². The molecule has 6 nitrogen and oxygen atoms in total. The SMILES string of the molecule is CSc1nc(-c2ccc3c(c2)OCO3)c(C#N)c(=O)n1C. The Kier molecular flexibility index (Phi) is 3.31. The molecular formula is C14H11N3O3S. The first-order chi connectivity index (χ1) is 10.2. The highest BCUT2D eigenvalue weighted by molar-refractivity contribution is 7.98. The summed E-state index contributed by atoms with van der Waals surface area (Å²) in [5.41, 5.74) is 0.686. The van der Waals surface area contributed by atoms with Crippen molar-refractivity contribution in [1.29, 1.82) is 5.26 Å². The van der Waals surface area contributed by atoms with Gasteiger partial charge in [0.25, 0.3) is 5.56 Å². The Hall–Kier alpha value is -2.46. The minimum Gasteiger partial charge on any atom is -0.454 e. The average molecular weight is 301 g/mol. The lowest BCUT2D eigenvalue weighted by Gasteiger charge is -2.10. The zero-order valence-electron chi connectivity index (χ0n) is 11.4. The van der Waals surface area contributed by atoms with Crippen LogP contribution in [-0.2, 0) is 7.05 Å². The van der Waals surface area contributed by atoms with Crippen LogP contribution in [0.3, 0.4) is 0 Å². The van der Waals surface area contributed by atoms with Crippen molar-refractivity contribution in [1.82, 2.24) is 9.55 Å². The Bertz CT molecular complexity index is 823. The number of benzene rings is 1. The van der Waals surface area contributed by atoms with E-state index in [1.165, 1.54) is 16.3 Å².